The Kier molecular flexibility index (Phi) is 9.52. The van der Waals surface area contributed by atoms with E-state index in [-0.39, 0.29) is 0 Å². The molecular weight excluding hydrogens is 500 g/mol. The molecule has 5 rings (SSSR count). The second-order valence-electron chi connectivity index (χ2n) is 10.0. The molecule has 0 unspecified atom stereocenters. The summed E-state index contributed by atoms with van der Waals surface area (Å²) < 4.78 is 2.34. The molecule has 1 aliphatic heterocycles. The molecule has 0 radical (unpaired) electrons. The quantitative estimate of drug-likeness (QED) is 0.155. The second-order valence-corrected chi connectivity index (χ2v) is 11.1. The number of imidazole rings is 1. The fraction of sp³-hybridized carbons (Fsp3) is 0.333. The van der Waals surface area contributed by atoms with E-state index in [4.69, 9.17) is 4.98 Å². The zero-order valence-corrected chi connectivity index (χ0v) is 23.7. The van der Waals surface area contributed by atoms with E-state index in [0.717, 1.165) is 74.3 Å². The summed E-state index contributed by atoms with van der Waals surface area (Å²) in [5, 5.41) is 1.05. The second kappa shape index (κ2) is 13.6. The van der Waals surface area contributed by atoms with Crippen LogP contribution < -0.4 is 0 Å². The third-order valence-corrected chi connectivity index (χ3v) is 8.40. The van der Waals surface area contributed by atoms with Crippen molar-refractivity contribution in [2.45, 2.75) is 44.4 Å². The van der Waals surface area contributed by atoms with Crippen LogP contribution in [-0.2, 0) is 17.9 Å². The molecule has 1 fully saturated rings. The van der Waals surface area contributed by atoms with Crippen molar-refractivity contribution in [3.63, 3.8) is 0 Å². The maximum Gasteiger partial charge on any atom is 0.222 e. The van der Waals surface area contributed by atoms with Crippen molar-refractivity contribution < 1.29 is 4.79 Å². The Morgan fingerprint density at radius 1 is 0.795 bits per heavy atom. The van der Waals surface area contributed by atoms with Crippen LogP contribution in [0.5, 0.6) is 0 Å². The summed E-state index contributed by atoms with van der Waals surface area (Å²) in [5.41, 5.74) is 5.87. The number of hydrogen-bond acceptors (Lipinski definition) is 4. The summed E-state index contributed by atoms with van der Waals surface area (Å²) in [6.07, 6.45) is 2.55. The van der Waals surface area contributed by atoms with Crippen molar-refractivity contribution >= 4 is 17.7 Å². The highest BCUT2D eigenvalue weighted by Crippen LogP contribution is 2.36. The van der Waals surface area contributed by atoms with Crippen LogP contribution in [0.4, 0.5) is 0 Å². The number of benzene rings is 3. The standard InChI is InChI=1S/C33H38N4OS/c1-2-37-32(29-18-10-5-11-19-29)31(28-16-8-4-9-17-28)34-33(37)39-25-13-12-20-30(38)36-23-21-35(22-24-36)26-27-14-6-3-7-15-27/h3-11,14-19H,2,12-13,20-26H2,1H3. The van der Waals surface area contributed by atoms with Gasteiger partial charge in [-0.3, -0.25) is 9.69 Å². The molecule has 0 saturated carbocycles. The first-order chi connectivity index (χ1) is 19.2. The van der Waals surface area contributed by atoms with Gasteiger partial charge in [0.15, 0.2) is 5.16 Å². The van der Waals surface area contributed by atoms with Crippen LogP contribution in [0.2, 0.25) is 0 Å². The van der Waals surface area contributed by atoms with Gasteiger partial charge in [0, 0.05) is 62.6 Å². The van der Waals surface area contributed by atoms with Crippen LogP contribution in [0, 0.1) is 0 Å². The first kappa shape index (κ1) is 27.2. The van der Waals surface area contributed by atoms with Crippen LogP contribution in [0.1, 0.15) is 31.7 Å². The Balaban J connectivity index is 1.13. The normalized spacial score (nSPS) is 14.0. The minimum absolute atomic E-state index is 0.298. The van der Waals surface area contributed by atoms with Crippen molar-refractivity contribution in [1.82, 2.24) is 19.4 Å². The molecule has 6 heteroatoms. The van der Waals surface area contributed by atoms with E-state index < -0.39 is 0 Å². The van der Waals surface area contributed by atoms with Crippen molar-refractivity contribution in [2.24, 2.45) is 0 Å². The first-order valence-corrected chi connectivity index (χ1v) is 15.1. The molecule has 5 nitrogen and oxygen atoms in total. The van der Waals surface area contributed by atoms with Gasteiger partial charge in [0.05, 0.1) is 11.4 Å². The highest BCUT2D eigenvalue weighted by molar-refractivity contribution is 7.99. The van der Waals surface area contributed by atoms with Crippen molar-refractivity contribution in [3.05, 3.63) is 96.6 Å². The summed E-state index contributed by atoms with van der Waals surface area (Å²) in [5.74, 6) is 1.25. The maximum absolute atomic E-state index is 12.8. The number of unbranched alkanes of at least 4 members (excludes halogenated alkanes) is 1. The Hall–Kier alpha value is -3.35. The zero-order valence-electron chi connectivity index (χ0n) is 22.8. The molecule has 0 aliphatic carbocycles. The van der Waals surface area contributed by atoms with Crippen molar-refractivity contribution in [2.75, 3.05) is 31.9 Å². The fourth-order valence-corrected chi connectivity index (χ4v) is 6.28. The molecule has 202 valence electrons. The summed E-state index contributed by atoms with van der Waals surface area (Å²) in [4.78, 5) is 22.5. The highest BCUT2D eigenvalue weighted by Gasteiger charge is 2.21. The van der Waals surface area contributed by atoms with Gasteiger partial charge in [-0.05, 0) is 25.3 Å². The third kappa shape index (κ3) is 7.00. The summed E-state index contributed by atoms with van der Waals surface area (Å²) in [7, 11) is 0. The summed E-state index contributed by atoms with van der Waals surface area (Å²) in [6.45, 7) is 7.57. The van der Waals surface area contributed by atoms with Gasteiger partial charge in [0.2, 0.25) is 5.91 Å². The van der Waals surface area contributed by atoms with Gasteiger partial charge in [-0.2, -0.15) is 0 Å². The van der Waals surface area contributed by atoms with E-state index in [1.165, 1.54) is 16.8 Å². The number of rotatable bonds is 11. The average Bonchev–Trinajstić information content (AvgIpc) is 3.37. The summed E-state index contributed by atoms with van der Waals surface area (Å²) >= 11 is 1.80. The van der Waals surface area contributed by atoms with Gasteiger partial charge in [0.25, 0.3) is 0 Å². The number of amides is 1. The maximum atomic E-state index is 12.8. The number of aromatic nitrogens is 2. The largest absolute Gasteiger partial charge is 0.340 e. The van der Waals surface area contributed by atoms with Gasteiger partial charge < -0.3 is 9.47 Å². The molecule has 0 spiro atoms. The van der Waals surface area contributed by atoms with Gasteiger partial charge in [-0.15, -0.1) is 0 Å². The number of carbonyl (C=O) groups excluding carboxylic acids is 1. The Bertz CT molecular complexity index is 1320. The highest BCUT2D eigenvalue weighted by atomic mass is 32.2. The van der Waals surface area contributed by atoms with Gasteiger partial charge in [-0.1, -0.05) is 103 Å². The predicted octanol–water partition coefficient (Wildman–Crippen LogP) is 6.84. The number of piperazine rings is 1. The number of nitrogens with zero attached hydrogens (tertiary/aromatic N) is 4. The Morgan fingerprint density at radius 2 is 1.41 bits per heavy atom. The van der Waals surface area contributed by atoms with Gasteiger partial charge in [0.1, 0.15) is 0 Å². The fourth-order valence-electron chi connectivity index (χ4n) is 5.22. The molecule has 0 N–H and O–H groups in total. The summed E-state index contributed by atoms with van der Waals surface area (Å²) in [6, 6.07) is 31.6. The van der Waals surface area contributed by atoms with Crippen LogP contribution >= 0.6 is 11.8 Å². The van der Waals surface area contributed by atoms with Gasteiger partial charge in [-0.25, -0.2) is 4.98 Å². The van der Waals surface area contributed by atoms with Crippen molar-refractivity contribution in [1.29, 1.82) is 0 Å². The molecular formula is C33H38N4OS. The first-order valence-electron chi connectivity index (χ1n) is 14.1. The van der Waals surface area contributed by atoms with E-state index in [0.29, 0.717) is 12.3 Å². The van der Waals surface area contributed by atoms with E-state index in [9.17, 15) is 4.79 Å². The number of carbonyl (C=O) groups is 1. The molecule has 1 saturated heterocycles. The Labute approximate surface area is 236 Å². The van der Waals surface area contributed by atoms with E-state index in [1.807, 2.05) is 6.07 Å². The molecule has 0 bridgehead atoms. The smallest absolute Gasteiger partial charge is 0.222 e. The molecule has 1 amide bonds. The minimum atomic E-state index is 0.298. The predicted molar refractivity (Wildman–Crippen MR) is 162 cm³/mol. The topological polar surface area (TPSA) is 41.4 Å². The number of thioether (sulfide) groups is 1. The number of hydrogen-bond donors (Lipinski definition) is 0. The minimum Gasteiger partial charge on any atom is -0.340 e. The molecule has 0 atom stereocenters. The zero-order chi connectivity index (χ0) is 26.9. The lowest BCUT2D eigenvalue weighted by Crippen LogP contribution is -2.48. The van der Waals surface area contributed by atoms with E-state index in [2.05, 4.69) is 106 Å². The molecule has 1 aromatic heterocycles. The van der Waals surface area contributed by atoms with Crippen LogP contribution in [0.15, 0.2) is 96.2 Å². The van der Waals surface area contributed by atoms with E-state index in [1.54, 1.807) is 11.8 Å². The van der Waals surface area contributed by atoms with Crippen LogP contribution in [-0.4, -0.2) is 57.2 Å². The van der Waals surface area contributed by atoms with Crippen molar-refractivity contribution in [3.8, 4) is 22.5 Å². The molecule has 39 heavy (non-hydrogen) atoms. The lowest BCUT2D eigenvalue weighted by Gasteiger charge is -2.34. The van der Waals surface area contributed by atoms with E-state index >= 15 is 0 Å². The molecule has 3 aromatic carbocycles. The van der Waals surface area contributed by atoms with Crippen LogP contribution in [0.25, 0.3) is 22.5 Å². The monoisotopic (exact) mass is 538 g/mol. The molecule has 1 aliphatic rings. The lowest BCUT2D eigenvalue weighted by molar-refractivity contribution is -0.133. The third-order valence-electron chi connectivity index (χ3n) is 7.33. The van der Waals surface area contributed by atoms with Crippen LogP contribution in [0.3, 0.4) is 0 Å². The average molecular weight is 539 g/mol. The lowest BCUT2D eigenvalue weighted by atomic mass is 10.0. The molecule has 2 heterocycles. The van der Waals surface area contributed by atoms with Gasteiger partial charge >= 0.3 is 0 Å². The SMILES string of the molecule is CCn1c(SCCCCC(=O)N2CCN(Cc3ccccc3)CC2)nc(-c2ccccc2)c1-c1ccccc1. The Morgan fingerprint density at radius 3 is 2.05 bits per heavy atom. The molecule has 4 aromatic rings.